The monoisotopic (exact) mass is 507 g/mol. The van der Waals surface area contributed by atoms with E-state index < -0.39 is 0 Å². The number of nitrogens with zero attached hydrogens (tertiary/aromatic N) is 5. The van der Waals surface area contributed by atoms with Crippen LogP contribution in [0.3, 0.4) is 0 Å². The normalized spacial score (nSPS) is 18.5. The van der Waals surface area contributed by atoms with Gasteiger partial charge in [-0.1, -0.05) is 18.2 Å². The summed E-state index contributed by atoms with van der Waals surface area (Å²) in [5, 5.41) is 8.45. The van der Waals surface area contributed by atoms with Crippen LogP contribution in [0.5, 0.6) is 5.75 Å². The van der Waals surface area contributed by atoms with Crippen molar-refractivity contribution in [3.8, 4) is 17.2 Å². The van der Waals surface area contributed by atoms with E-state index in [1.807, 2.05) is 35.2 Å². The molecule has 0 bridgehead atoms. The second-order valence-electron chi connectivity index (χ2n) is 9.19. The molecule has 2 aromatic carbocycles. The van der Waals surface area contributed by atoms with Crippen LogP contribution in [0.2, 0.25) is 0 Å². The van der Waals surface area contributed by atoms with Crippen molar-refractivity contribution in [1.29, 1.82) is 0 Å². The Morgan fingerprint density at radius 3 is 2.56 bits per heavy atom. The second kappa shape index (κ2) is 11.8. The molecule has 2 aliphatic heterocycles. The number of hydrogen-bond donors (Lipinski definition) is 0. The van der Waals surface area contributed by atoms with E-state index in [0.29, 0.717) is 30.2 Å². The Balaban J connectivity index is 1.07. The number of benzene rings is 2. The van der Waals surface area contributed by atoms with Gasteiger partial charge in [0, 0.05) is 69.2 Å². The second-order valence-corrected chi connectivity index (χ2v) is 10.3. The van der Waals surface area contributed by atoms with Crippen LogP contribution in [0.1, 0.15) is 19.2 Å². The zero-order valence-electron chi connectivity index (χ0n) is 20.7. The summed E-state index contributed by atoms with van der Waals surface area (Å²) < 4.78 is 11.6. The summed E-state index contributed by atoms with van der Waals surface area (Å²) in [5.41, 5.74) is 2.16. The predicted molar refractivity (Wildman–Crippen MR) is 142 cm³/mol. The molecular formula is C27H33N5O3S. The molecule has 2 saturated heterocycles. The van der Waals surface area contributed by atoms with Gasteiger partial charge in [0.2, 0.25) is 17.7 Å². The first-order chi connectivity index (χ1) is 17.7. The molecule has 1 unspecified atom stereocenters. The highest BCUT2D eigenvalue weighted by molar-refractivity contribution is 7.98. The van der Waals surface area contributed by atoms with Crippen LogP contribution in [0.15, 0.2) is 59.0 Å². The minimum atomic E-state index is 0.184. The SMILES string of the molecule is CC(=O)N1CCN(C2CCN(c3ccc(-c4nnc(CSCCOc5ccccc5)o4)cc3)C2)CC1. The number of carbonyl (C=O) groups is 1. The highest BCUT2D eigenvalue weighted by Gasteiger charge is 2.30. The first-order valence-corrected chi connectivity index (χ1v) is 13.7. The molecule has 36 heavy (non-hydrogen) atoms. The average Bonchev–Trinajstić information content (AvgIpc) is 3.60. The van der Waals surface area contributed by atoms with Crippen molar-refractivity contribution in [1.82, 2.24) is 20.0 Å². The van der Waals surface area contributed by atoms with Gasteiger partial charge in [-0.2, -0.15) is 0 Å². The number of anilines is 1. The number of rotatable bonds is 9. The van der Waals surface area contributed by atoms with Gasteiger partial charge in [0.05, 0.1) is 12.4 Å². The molecular weight excluding hydrogens is 474 g/mol. The van der Waals surface area contributed by atoms with Crippen molar-refractivity contribution in [2.45, 2.75) is 25.1 Å². The van der Waals surface area contributed by atoms with Gasteiger partial charge in [-0.3, -0.25) is 9.69 Å². The number of para-hydroxylation sites is 1. The number of hydrogen-bond acceptors (Lipinski definition) is 8. The van der Waals surface area contributed by atoms with E-state index in [0.717, 1.165) is 62.8 Å². The molecule has 1 amide bonds. The molecule has 5 rings (SSSR count). The van der Waals surface area contributed by atoms with Crippen molar-refractivity contribution >= 4 is 23.4 Å². The van der Waals surface area contributed by atoms with Gasteiger partial charge in [0.25, 0.3) is 0 Å². The molecule has 8 nitrogen and oxygen atoms in total. The number of ether oxygens (including phenoxy) is 1. The van der Waals surface area contributed by atoms with E-state index in [2.05, 4.69) is 44.3 Å². The first-order valence-electron chi connectivity index (χ1n) is 12.6. The summed E-state index contributed by atoms with van der Waals surface area (Å²) in [6, 6.07) is 18.8. The minimum Gasteiger partial charge on any atom is -0.493 e. The molecule has 9 heteroatoms. The molecule has 2 aliphatic rings. The Hall–Kier alpha value is -3.04. The van der Waals surface area contributed by atoms with Gasteiger partial charge >= 0.3 is 0 Å². The third kappa shape index (κ3) is 6.20. The van der Waals surface area contributed by atoms with E-state index in [9.17, 15) is 4.79 Å². The fourth-order valence-electron chi connectivity index (χ4n) is 4.81. The van der Waals surface area contributed by atoms with Gasteiger partial charge < -0.3 is 19.0 Å². The van der Waals surface area contributed by atoms with Crippen LogP contribution in [-0.4, -0.2) is 83.6 Å². The lowest BCUT2D eigenvalue weighted by atomic mass is 10.2. The lowest BCUT2D eigenvalue weighted by molar-refractivity contribution is -0.130. The van der Waals surface area contributed by atoms with Crippen molar-refractivity contribution in [3.63, 3.8) is 0 Å². The van der Waals surface area contributed by atoms with E-state index in [-0.39, 0.29) is 5.91 Å². The largest absolute Gasteiger partial charge is 0.493 e. The van der Waals surface area contributed by atoms with Crippen molar-refractivity contribution in [3.05, 3.63) is 60.5 Å². The highest BCUT2D eigenvalue weighted by Crippen LogP contribution is 2.27. The summed E-state index contributed by atoms with van der Waals surface area (Å²) in [6.45, 7) is 7.99. The molecule has 1 aromatic heterocycles. The molecule has 0 N–H and O–H groups in total. The topological polar surface area (TPSA) is 74.9 Å². The van der Waals surface area contributed by atoms with Crippen molar-refractivity contribution in [2.24, 2.45) is 0 Å². The number of aromatic nitrogens is 2. The third-order valence-electron chi connectivity index (χ3n) is 6.85. The zero-order chi connectivity index (χ0) is 24.7. The maximum absolute atomic E-state index is 11.6. The lowest BCUT2D eigenvalue weighted by Crippen LogP contribution is -2.52. The summed E-state index contributed by atoms with van der Waals surface area (Å²) in [4.78, 5) is 18.5. The van der Waals surface area contributed by atoms with Crippen LogP contribution in [-0.2, 0) is 10.5 Å². The number of amides is 1. The van der Waals surface area contributed by atoms with E-state index in [4.69, 9.17) is 9.15 Å². The summed E-state index contributed by atoms with van der Waals surface area (Å²) in [5.74, 6) is 3.78. The molecule has 0 saturated carbocycles. The third-order valence-corrected chi connectivity index (χ3v) is 7.76. The van der Waals surface area contributed by atoms with Crippen LogP contribution in [0, 0.1) is 0 Å². The smallest absolute Gasteiger partial charge is 0.247 e. The molecule has 0 spiro atoms. The van der Waals surface area contributed by atoms with E-state index >= 15 is 0 Å². The summed E-state index contributed by atoms with van der Waals surface area (Å²) in [7, 11) is 0. The fraction of sp³-hybridized carbons (Fsp3) is 0.444. The van der Waals surface area contributed by atoms with Gasteiger partial charge in [0.1, 0.15) is 5.75 Å². The Kier molecular flexibility index (Phi) is 8.08. The fourth-order valence-corrected chi connectivity index (χ4v) is 5.45. The molecule has 0 radical (unpaired) electrons. The zero-order valence-corrected chi connectivity index (χ0v) is 21.5. The lowest BCUT2D eigenvalue weighted by Gasteiger charge is -2.37. The van der Waals surface area contributed by atoms with Crippen LogP contribution < -0.4 is 9.64 Å². The average molecular weight is 508 g/mol. The van der Waals surface area contributed by atoms with Crippen molar-refractivity contribution in [2.75, 3.05) is 56.5 Å². The predicted octanol–water partition coefficient (Wildman–Crippen LogP) is 3.79. The standard InChI is InChI=1S/C27H33N5O3S/c1-21(33)30-13-15-31(16-14-30)24-11-12-32(19-24)23-9-7-22(8-10-23)27-29-28-26(35-27)20-36-18-17-34-25-5-3-2-4-6-25/h2-10,24H,11-20H2,1H3. The maximum atomic E-state index is 11.6. The Morgan fingerprint density at radius 1 is 1.03 bits per heavy atom. The molecule has 0 aliphatic carbocycles. The minimum absolute atomic E-state index is 0.184. The van der Waals surface area contributed by atoms with E-state index in [1.54, 1.807) is 18.7 Å². The van der Waals surface area contributed by atoms with E-state index in [1.165, 1.54) is 5.69 Å². The molecule has 2 fully saturated rings. The summed E-state index contributed by atoms with van der Waals surface area (Å²) in [6.07, 6.45) is 1.16. The molecule has 190 valence electrons. The maximum Gasteiger partial charge on any atom is 0.247 e. The van der Waals surface area contributed by atoms with Crippen LogP contribution in [0.25, 0.3) is 11.5 Å². The molecule has 1 atom stereocenters. The Bertz CT molecular complexity index is 1120. The highest BCUT2D eigenvalue weighted by atomic mass is 32.2. The summed E-state index contributed by atoms with van der Waals surface area (Å²) >= 11 is 1.72. The first kappa shape index (κ1) is 24.6. The van der Waals surface area contributed by atoms with Gasteiger partial charge in [-0.05, 0) is 42.8 Å². The quantitative estimate of drug-likeness (QED) is 0.405. The Labute approximate surface area is 216 Å². The van der Waals surface area contributed by atoms with Crippen LogP contribution >= 0.6 is 11.8 Å². The Morgan fingerprint density at radius 2 is 1.81 bits per heavy atom. The number of thioether (sulfide) groups is 1. The van der Waals surface area contributed by atoms with Crippen molar-refractivity contribution < 1.29 is 13.9 Å². The number of carbonyl (C=O) groups excluding carboxylic acids is 1. The molecule has 3 heterocycles. The van der Waals surface area contributed by atoms with Gasteiger partial charge in [-0.15, -0.1) is 22.0 Å². The molecule has 3 aromatic rings. The van der Waals surface area contributed by atoms with Gasteiger partial charge in [-0.25, -0.2) is 0 Å². The van der Waals surface area contributed by atoms with Gasteiger partial charge in [0.15, 0.2) is 0 Å². The number of piperazine rings is 1. The van der Waals surface area contributed by atoms with Crippen LogP contribution in [0.4, 0.5) is 5.69 Å².